The van der Waals surface area contributed by atoms with E-state index >= 15 is 0 Å². The average molecular weight is 306 g/mol. The first-order valence-electron chi connectivity index (χ1n) is 7.96. The van der Waals surface area contributed by atoms with Crippen molar-refractivity contribution in [2.75, 3.05) is 26.2 Å². The van der Waals surface area contributed by atoms with Crippen LogP contribution in [0, 0.1) is 6.92 Å². The molecule has 1 aromatic heterocycles. The molecule has 0 bridgehead atoms. The van der Waals surface area contributed by atoms with E-state index < -0.39 is 0 Å². The molecule has 4 heteroatoms. The number of rotatable bonds is 3. The second kappa shape index (κ2) is 7.87. The highest BCUT2D eigenvalue weighted by Crippen LogP contribution is 2.33. The monoisotopic (exact) mass is 306 g/mol. The SMILES string of the molecule is CC.Cc1ccc2sc(C3CCN(CCO)CC3)nc2c1. The number of nitrogens with zero attached hydrogens (tertiary/aromatic N) is 2. The Hall–Kier alpha value is -0.970. The van der Waals surface area contributed by atoms with Gasteiger partial charge >= 0.3 is 0 Å². The Morgan fingerprint density at radius 2 is 2.00 bits per heavy atom. The quantitative estimate of drug-likeness (QED) is 0.937. The Labute approximate surface area is 131 Å². The van der Waals surface area contributed by atoms with Gasteiger partial charge in [0.05, 0.1) is 21.8 Å². The zero-order valence-electron chi connectivity index (χ0n) is 13.3. The van der Waals surface area contributed by atoms with Gasteiger partial charge in [-0.05, 0) is 50.6 Å². The molecule has 1 aromatic carbocycles. The molecule has 0 aliphatic carbocycles. The molecule has 1 saturated heterocycles. The van der Waals surface area contributed by atoms with Gasteiger partial charge in [-0.2, -0.15) is 0 Å². The lowest BCUT2D eigenvalue weighted by Gasteiger charge is -2.30. The van der Waals surface area contributed by atoms with E-state index in [9.17, 15) is 0 Å². The summed E-state index contributed by atoms with van der Waals surface area (Å²) in [5.74, 6) is 0.604. The number of likely N-dealkylation sites (tertiary alicyclic amines) is 1. The maximum Gasteiger partial charge on any atom is 0.0970 e. The minimum Gasteiger partial charge on any atom is -0.395 e. The van der Waals surface area contributed by atoms with Crippen LogP contribution in [0.15, 0.2) is 18.2 Å². The molecule has 0 unspecified atom stereocenters. The lowest BCUT2D eigenvalue weighted by atomic mass is 9.97. The summed E-state index contributed by atoms with van der Waals surface area (Å²) in [7, 11) is 0. The number of aryl methyl sites for hydroxylation is 1. The van der Waals surface area contributed by atoms with Gasteiger partial charge in [0.15, 0.2) is 0 Å². The topological polar surface area (TPSA) is 36.4 Å². The van der Waals surface area contributed by atoms with Crippen LogP contribution in [0.2, 0.25) is 0 Å². The Morgan fingerprint density at radius 3 is 2.67 bits per heavy atom. The van der Waals surface area contributed by atoms with Gasteiger partial charge in [0.25, 0.3) is 0 Å². The molecule has 3 nitrogen and oxygen atoms in total. The summed E-state index contributed by atoms with van der Waals surface area (Å²) < 4.78 is 1.30. The smallest absolute Gasteiger partial charge is 0.0970 e. The molecule has 3 rings (SSSR count). The van der Waals surface area contributed by atoms with Crippen LogP contribution < -0.4 is 0 Å². The van der Waals surface area contributed by atoms with Gasteiger partial charge in [-0.1, -0.05) is 19.9 Å². The molecule has 1 aliphatic heterocycles. The van der Waals surface area contributed by atoms with Crippen molar-refractivity contribution in [3.8, 4) is 0 Å². The van der Waals surface area contributed by atoms with Crippen LogP contribution >= 0.6 is 11.3 Å². The molecule has 21 heavy (non-hydrogen) atoms. The van der Waals surface area contributed by atoms with Crippen molar-refractivity contribution in [3.63, 3.8) is 0 Å². The summed E-state index contributed by atoms with van der Waals surface area (Å²) in [6.45, 7) is 9.36. The first kappa shape index (κ1) is 16.4. The van der Waals surface area contributed by atoms with E-state index in [4.69, 9.17) is 10.1 Å². The minimum atomic E-state index is 0.269. The van der Waals surface area contributed by atoms with Crippen LogP contribution in [-0.2, 0) is 0 Å². The van der Waals surface area contributed by atoms with Crippen molar-refractivity contribution in [3.05, 3.63) is 28.8 Å². The third-order valence-electron chi connectivity index (χ3n) is 3.91. The molecule has 2 aromatic rings. The zero-order valence-corrected chi connectivity index (χ0v) is 14.1. The van der Waals surface area contributed by atoms with E-state index in [0.717, 1.165) is 25.2 Å². The van der Waals surface area contributed by atoms with Crippen molar-refractivity contribution in [1.29, 1.82) is 0 Å². The van der Waals surface area contributed by atoms with E-state index in [2.05, 4.69) is 30.0 Å². The fourth-order valence-corrected chi connectivity index (χ4v) is 3.89. The van der Waals surface area contributed by atoms with E-state index in [0.29, 0.717) is 5.92 Å². The van der Waals surface area contributed by atoms with Crippen LogP contribution in [-0.4, -0.2) is 41.2 Å². The first-order chi connectivity index (χ1) is 10.3. The zero-order chi connectivity index (χ0) is 15.2. The highest BCUT2D eigenvalue weighted by atomic mass is 32.1. The summed E-state index contributed by atoms with van der Waals surface area (Å²) in [5, 5.41) is 10.3. The number of fused-ring (bicyclic) bond motifs is 1. The summed E-state index contributed by atoms with van der Waals surface area (Å²) in [5.41, 5.74) is 2.43. The van der Waals surface area contributed by atoms with E-state index in [1.807, 2.05) is 25.2 Å². The van der Waals surface area contributed by atoms with Crippen molar-refractivity contribution in [2.45, 2.75) is 39.5 Å². The van der Waals surface area contributed by atoms with E-state index in [-0.39, 0.29) is 6.61 Å². The van der Waals surface area contributed by atoms with Crippen LogP contribution in [0.5, 0.6) is 0 Å². The van der Waals surface area contributed by atoms with Gasteiger partial charge < -0.3 is 10.0 Å². The van der Waals surface area contributed by atoms with Gasteiger partial charge in [-0.3, -0.25) is 0 Å². The molecule has 2 heterocycles. The fraction of sp³-hybridized carbons (Fsp3) is 0.588. The normalized spacial score (nSPS) is 16.8. The highest BCUT2D eigenvalue weighted by molar-refractivity contribution is 7.18. The summed E-state index contributed by atoms with van der Waals surface area (Å²) in [6, 6.07) is 6.52. The largest absolute Gasteiger partial charge is 0.395 e. The Morgan fingerprint density at radius 1 is 1.29 bits per heavy atom. The highest BCUT2D eigenvalue weighted by Gasteiger charge is 2.22. The molecule has 0 saturated carbocycles. The number of piperidine rings is 1. The van der Waals surface area contributed by atoms with Crippen LogP contribution in [0.3, 0.4) is 0 Å². The fourth-order valence-electron chi connectivity index (χ4n) is 2.77. The lowest BCUT2D eigenvalue weighted by Crippen LogP contribution is -2.34. The second-order valence-electron chi connectivity index (χ2n) is 5.36. The summed E-state index contributed by atoms with van der Waals surface area (Å²) in [4.78, 5) is 7.16. The number of hydrogen-bond donors (Lipinski definition) is 1. The van der Waals surface area contributed by atoms with Crippen molar-refractivity contribution < 1.29 is 5.11 Å². The van der Waals surface area contributed by atoms with E-state index in [1.54, 1.807) is 0 Å². The number of aliphatic hydroxyl groups is 1. The molecule has 0 amide bonds. The standard InChI is InChI=1S/C15H20N2OS.C2H6/c1-11-2-3-14-13(10-11)16-15(19-14)12-4-6-17(7-5-12)8-9-18;1-2/h2-3,10,12,18H,4-9H2,1H3;1-2H3. The Kier molecular flexibility index (Phi) is 6.15. The summed E-state index contributed by atoms with van der Waals surface area (Å²) >= 11 is 1.85. The minimum absolute atomic E-state index is 0.269. The van der Waals surface area contributed by atoms with Gasteiger partial charge in [0.2, 0.25) is 0 Å². The Balaban J connectivity index is 0.000000774. The molecular formula is C17H26N2OS. The van der Waals surface area contributed by atoms with Crippen LogP contribution in [0.25, 0.3) is 10.2 Å². The number of aliphatic hydroxyl groups excluding tert-OH is 1. The number of aromatic nitrogens is 1. The summed E-state index contributed by atoms with van der Waals surface area (Å²) in [6.07, 6.45) is 2.33. The van der Waals surface area contributed by atoms with Crippen LogP contribution in [0.4, 0.5) is 0 Å². The number of hydrogen-bond acceptors (Lipinski definition) is 4. The Bertz CT molecular complexity index is 559. The van der Waals surface area contributed by atoms with Gasteiger partial charge in [0, 0.05) is 12.5 Å². The number of benzene rings is 1. The molecule has 0 radical (unpaired) electrons. The molecule has 116 valence electrons. The second-order valence-corrected chi connectivity index (χ2v) is 6.43. The average Bonchev–Trinajstić information content (AvgIpc) is 2.93. The third-order valence-corrected chi connectivity index (χ3v) is 5.11. The molecule has 1 aliphatic rings. The molecule has 1 N–H and O–H groups in total. The van der Waals surface area contributed by atoms with Gasteiger partial charge in [-0.25, -0.2) is 4.98 Å². The predicted octanol–water partition coefficient (Wildman–Crippen LogP) is 3.80. The van der Waals surface area contributed by atoms with Gasteiger partial charge in [0.1, 0.15) is 0 Å². The van der Waals surface area contributed by atoms with E-state index in [1.165, 1.54) is 28.1 Å². The lowest BCUT2D eigenvalue weighted by molar-refractivity contribution is 0.164. The van der Waals surface area contributed by atoms with Crippen LogP contribution in [0.1, 0.15) is 43.2 Å². The maximum absolute atomic E-state index is 8.97. The third kappa shape index (κ3) is 4.02. The number of β-amino-alcohol motifs (C(OH)–C–C–N with tert-alkyl or cyclic N) is 1. The molecule has 0 spiro atoms. The number of thiazole rings is 1. The maximum atomic E-state index is 8.97. The molecule has 0 atom stereocenters. The first-order valence-corrected chi connectivity index (χ1v) is 8.78. The van der Waals surface area contributed by atoms with Gasteiger partial charge in [-0.15, -0.1) is 11.3 Å². The van der Waals surface area contributed by atoms with Crippen molar-refractivity contribution in [2.24, 2.45) is 0 Å². The molecular weight excluding hydrogens is 280 g/mol. The molecule has 1 fully saturated rings. The van der Waals surface area contributed by atoms with Crippen molar-refractivity contribution in [1.82, 2.24) is 9.88 Å². The predicted molar refractivity (Wildman–Crippen MR) is 91.2 cm³/mol. The van der Waals surface area contributed by atoms with Crippen molar-refractivity contribution >= 4 is 21.6 Å².